The third-order valence-electron chi connectivity index (χ3n) is 4.08. The Bertz CT molecular complexity index is 666. The molecule has 2 nitrogen and oxygen atoms in total. The molecule has 0 saturated heterocycles. The van der Waals surface area contributed by atoms with E-state index in [-0.39, 0.29) is 11.4 Å². The summed E-state index contributed by atoms with van der Waals surface area (Å²) >= 11 is 12.1. The predicted octanol–water partition coefficient (Wildman–Crippen LogP) is 4.80. The zero-order chi connectivity index (χ0) is 14.9. The number of nitrogens with one attached hydrogen (secondary N) is 1. The van der Waals surface area contributed by atoms with Gasteiger partial charge in [-0.25, -0.2) is 0 Å². The van der Waals surface area contributed by atoms with E-state index in [9.17, 15) is 4.79 Å². The number of hydrogen-bond donors (Lipinski definition) is 1. The maximum Gasteiger partial charge on any atom is 0.253 e. The molecule has 2 aromatic rings. The first-order valence-electron chi connectivity index (χ1n) is 6.94. The second-order valence-electron chi connectivity index (χ2n) is 5.36. The first-order chi connectivity index (χ1) is 10.1. The summed E-state index contributed by atoms with van der Waals surface area (Å²) in [7, 11) is 0. The number of halogens is 2. The summed E-state index contributed by atoms with van der Waals surface area (Å²) < 4.78 is 0. The van der Waals surface area contributed by atoms with E-state index in [2.05, 4.69) is 17.4 Å². The lowest BCUT2D eigenvalue weighted by Gasteiger charge is -2.43. The molecule has 0 aliphatic heterocycles. The van der Waals surface area contributed by atoms with Crippen LogP contribution in [0.1, 0.15) is 35.2 Å². The summed E-state index contributed by atoms with van der Waals surface area (Å²) in [5, 5.41) is 3.85. The molecule has 108 valence electrons. The highest BCUT2D eigenvalue weighted by Crippen LogP contribution is 2.41. The lowest BCUT2D eigenvalue weighted by molar-refractivity contribution is 0.0823. The smallest absolute Gasteiger partial charge is 0.253 e. The van der Waals surface area contributed by atoms with Crippen LogP contribution in [-0.4, -0.2) is 5.91 Å². The van der Waals surface area contributed by atoms with E-state index in [4.69, 9.17) is 23.2 Å². The van der Waals surface area contributed by atoms with Crippen molar-refractivity contribution in [3.8, 4) is 0 Å². The van der Waals surface area contributed by atoms with Gasteiger partial charge in [0, 0.05) is 0 Å². The Morgan fingerprint density at radius 3 is 2.33 bits per heavy atom. The molecule has 0 spiro atoms. The summed E-state index contributed by atoms with van der Waals surface area (Å²) in [6.07, 6.45) is 3.00. The molecular weight excluding hydrogens is 305 g/mol. The van der Waals surface area contributed by atoms with Crippen LogP contribution in [0.25, 0.3) is 0 Å². The highest BCUT2D eigenvalue weighted by molar-refractivity contribution is 6.43. The standard InChI is InChI=1S/C17H15Cl2NO/c18-14-9-4-8-13(15(14)19)16(21)20-17(10-5-11-17)12-6-2-1-3-7-12/h1-4,6-9H,5,10-11H2,(H,20,21). The average Bonchev–Trinajstić information content (AvgIpc) is 2.46. The number of benzene rings is 2. The van der Waals surface area contributed by atoms with Crippen molar-refractivity contribution in [1.29, 1.82) is 0 Å². The molecule has 0 unspecified atom stereocenters. The van der Waals surface area contributed by atoms with E-state index in [1.165, 1.54) is 0 Å². The number of carbonyl (C=O) groups excluding carboxylic acids is 1. The predicted molar refractivity (Wildman–Crippen MR) is 85.9 cm³/mol. The molecule has 1 N–H and O–H groups in total. The fourth-order valence-corrected chi connectivity index (χ4v) is 3.12. The Balaban J connectivity index is 1.88. The van der Waals surface area contributed by atoms with Crippen molar-refractivity contribution in [2.75, 3.05) is 0 Å². The molecule has 2 aromatic carbocycles. The summed E-state index contributed by atoms with van der Waals surface area (Å²) in [6, 6.07) is 15.2. The summed E-state index contributed by atoms with van der Waals surface area (Å²) in [5.74, 6) is -0.175. The Hall–Kier alpha value is -1.51. The van der Waals surface area contributed by atoms with E-state index in [1.54, 1.807) is 18.2 Å². The van der Waals surface area contributed by atoms with E-state index < -0.39 is 0 Å². The lowest BCUT2D eigenvalue weighted by Crippen LogP contribution is -2.50. The lowest BCUT2D eigenvalue weighted by atomic mass is 9.71. The van der Waals surface area contributed by atoms with Gasteiger partial charge in [0.15, 0.2) is 0 Å². The zero-order valence-electron chi connectivity index (χ0n) is 11.4. The summed E-state index contributed by atoms with van der Waals surface area (Å²) in [5.41, 5.74) is 1.29. The third kappa shape index (κ3) is 2.66. The Labute approximate surface area is 134 Å². The van der Waals surface area contributed by atoms with Crippen molar-refractivity contribution < 1.29 is 4.79 Å². The second-order valence-corrected chi connectivity index (χ2v) is 6.14. The molecule has 0 aromatic heterocycles. The van der Waals surface area contributed by atoms with Crippen molar-refractivity contribution in [2.24, 2.45) is 0 Å². The molecule has 1 aliphatic carbocycles. The van der Waals surface area contributed by atoms with Crippen LogP contribution in [0.3, 0.4) is 0 Å². The molecule has 1 amide bonds. The van der Waals surface area contributed by atoms with Crippen LogP contribution in [0.4, 0.5) is 0 Å². The van der Waals surface area contributed by atoms with Gasteiger partial charge < -0.3 is 5.32 Å². The van der Waals surface area contributed by atoms with E-state index in [0.717, 1.165) is 24.8 Å². The van der Waals surface area contributed by atoms with Gasteiger partial charge in [-0.15, -0.1) is 0 Å². The van der Waals surface area contributed by atoms with Gasteiger partial charge in [0.05, 0.1) is 21.1 Å². The monoisotopic (exact) mass is 319 g/mol. The van der Waals surface area contributed by atoms with Gasteiger partial charge in [-0.3, -0.25) is 4.79 Å². The average molecular weight is 320 g/mol. The quantitative estimate of drug-likeness (QED) is 0.864. The molecular formula is C17H15Cl2NO. The van der Waals surface area contributed by atoms with Crippen LogP contribution >= 0.6 is 23.2 Å². The normalized spacial score (nSPS) is 16.1. The van der Waals surface area contributed by atoms with Crippen molar-refractivity contribution >= 4 is 29.1 Å². The molecule has 0 radical (unpaired) electrons. The van der Waals surface area contributed by atoms with Crippen LogP contribution < -0.4 is 5.32 Å². The largest absolute Gasteiger partial charge is 0.342 e. The topological polar surface area (TPSA) is 29.1 Å². The van der Waals surface area contributed by atoms with Gasteiger partial charge in [-0.05, 0) is 37.0 Å². The molecule has 21 heavy (non-hydrogen) atoms. The molecule has 1 fully saturated rings. The Morgan fingerprint density at radius 1 is 1.00 bits per heavy atom. The Kier molecular flexibility index (Phi) is 3.92. The molecule has 0 heterocycles. The van der Waals surface area contributed by atoms with E-state index >= 15 is 0 Å². The zero-order valence-corrected chi connectivity index (χ0v) is 12.9. The fourth-order valence-electron chi connectivity index (χ4n) is 2.74. The summed E-state index contributed by atoms with van der Waals surface area (Å²) in [4.78, 5) is 12.5. The molecule has 1 saturated carbocycles. The van der Waals surface area contributed by atoms with Gasteiger partial charge >= 0.3 is 0 Å². The van der Waals surface area contributed by atoms with E-state index in [0.29, 0.717) is 15.6 Å². The van der Waals surface area contributed by atoms with Crippen molar-refractivity contribution in [3.05, 3.63) is 69.7 Å². The van der Waals surface area contributed by atoms with Crippen LogP contribution in [-0.2, 0) is 5.54 Å². The van der Waals surface area contributed by atoms with Crippen molar-refractivity contribution in [2.45, 2.75) is 24.8 Å². The van der Waals surface area contributed by atoms with Gasteiger partial charge in [-0.2, -0.15) is 0 Å². The molecule has 0 bridgehead atoms. The van der Waals surface area contributed by atoms with E-state index in [1.807, 2.05) is 18.2 Å². The van der Waals surface area contributed by atoms with Gasteiger partial charge in [0.1, 0.15) is 0 Å². The first-order valence-corrected chi connectivity index (χ1v) is 7.70. The fraction of sp³-hybridized carbons (Fsp3) is 0.235. The van der Waals surface area contributed by atoms with Crippen molar-refractivity contribution in [1.82, 2.24) is 5.32 Å². The van der Waals surface area contributed by atoms with Gasteiger partial charge in [-0.1, -0.05) is 59.6 Å². The second kappa shape index (κ2) is 5.70. The maximum absolute atomic E-state index is 12.5. The third-order valence-corrected chi connectivity index (χ3v) is 4.90. The maximum atomic E-state index is 12.5. The number of amides is 1. The highest BCUT2D eigenvalue weighted by Gasteiger charge is 2.40. The minimum Gasteiger partial charge on any atom is -0.342 e. The summed E-state index contributed by atoms with van der Waals surface area (Å²) in [6.45, 7) is 0. The number of rotatable bonds is 3. The van der Waals surface area contributed by atoms with Crippen LogP contribution in [0.5, 0.6) is 0 Å². The van der Waals surface area contributed by atoms with Crippen LogP contribution in [0.2, 0.25) is 10.0 Å². The van der Waals surface area contributed by atoms with Crippen LogP contribution in [0.15, 0.2) is 48.5 Å². The van der Waals surface area contributed by atoms with Gasteiger partial charge in [0.25, 0.3) is 5.91 Å². The SMILES string of the molecule is O=C(NC1(c2ccccc2)CCC1)c1cccc(Cl)c1Cl. The molecule has 0 atom stereocenters. The number of hydrogen-bond acceptors (Lipinski definition) is 1. The molecule has 3 rings (SSSR count). The first kappa shape index (κ1) is 14.4. The minimum absolute atomic E-state index is 0.175. The minimum atomic E-state index is -0.274. The van der Waals surface area contributed by atoms with Crippen molar-refractivity contribution in [3.63, 3.8) is 0 Å². The molecule has 1 aliphatic rings. The number of carbonyl (C=O) groups is 1. The molecule has 4 heteroatoms. The van der Waals surface area contributed by atoms with Gasteiger partial charge in [0.2, 0.25) is 0 Å². The highest BCUT2D eigenvalue weighted by atomic mass is 35.5. The van der Waals surface area contributed by atoms with Crippen LogP contribution in [0, 0.1) is 0 Å². The Morgan fingerprint density at radius 2 is 1.71 bits per heavy atom.